The molecule has 1 aliphatic rings. The summed E-state index contributed by atoms with van der Waals surface area (Å²) in [7, 11) is 2.01. The number of benzene rings is 1. The summed E-state index contributed by atoms with van der Waals surface area (Å²) in [6.45, 7) is 6.38. The molecule has 0 aliphatic carbocycles. The molecule has 2 unspecified atom stereocenters. The van der Waals surface area contributed by atoms with Crippen LogP contribution in [-0.4, -0.2) is 16.8 Å². The summed E-state index contributed by atoms with van der Waals surface area (Å²) < 4.78 is 8.19. The summed E-state index contributed by atoms with van der Waals surface area (Å²) in [4.78, 5) is 0. The average Bonchev–Trinajstić information content (AvgIpc) is 2.96. The fourth-order valence-corrected chi connectivity index (χ4v) is 2.87. The maximum absolute atomic E-state index is 6.20. The first-order valence-electron chi connectivity index (χ1n) is 7.57. The molecule has 0 radical (unpaired) electrons. The van der Waals surface area contributed by atoms with Gasteiger partial charge in [-0.2, -0.15) is 5.10 Å². The van der Waals surface area contributed by atoms with E-state index >= 15 is 0 Å². The standard InChI is InChI=1S/C17H23N3O/c1-11(2)20-10-13(9-19-20)17-8-15(18-4)14-7-12(3)5-6-16(14)21-17/h5-7,9-11,15,17-18H,8H2,1-4H3. The van der Waals surface area contributed by atoms with Gasteiger partial charge in [0.1, 0.15) is 11.9 Å². The van der Waals surface area contributed by atoms with Gasteiger partial charge >= 0.3 is 0 Å². The molecular weight excluding hydrogens is 262 g/mol. The number of hydrogen-bond donors (Lipinski definition) is 1. The van der Waals surface area contributed by atoms with Crippen molar-refractivity contribution in [3.8, 4) is 5.75 Å². The van der Waals surface area contributed by atoms with Crippen molar-refractivity contribution in [3.05, 3.63) is 47.3 Å². The number of aryl methyl sites for hydroxylation is 1. The van der Waals surface area contributed by atoms with Crippen molar-refractivity contribution < 1.29 is 4.74 Å². The van der Waals surface area contributed by atoms with Crippen LogP contribution in [0.4, 0.5) is 0 Å². The second kappa shape index (κ2) is 5.53. The molecule has 3 rings (SSSR count). The topological polar surface area (TPSA) is 39.1 Å². The van der Waals surface area contributed by atoms with Crippen LogP contribution >= 0.6 is 0 Å². The largest absolute Gasteiger partial charge is 0.485 e. The van der Waals surface area contributed by atoms with Gasteiger partial charge in [0.25, 0.3) is 0 Å². The lowest BCUT2D eigenvalue weighted by Gasteiger charge is -2.32. The van der Waals surface area contributed by atoms with Crippen molar-refractivity contribution in [1.29, 1.82) is 0 Å². The van der Waals surface area contributed by atoms with Crippen LogP contribution in [0.1, 0.15) is 55.1 Å². The Labute approximate surface area is 126 Å². The summed E-state index contributed by atoms with van der Waals surface area (Å²) in [5.74, 6) is 0.980. The third-order valence-corrected chi connectivity index (χ3v) is 4.13. The van der Waals surface area contributed by atoms with Crippen molar-refractivity contribution in [3.63, 3.8) is 0 Å². The van der Waals surface area contributed by atoms with E-state index in [1.165, 1.54) is 11.1 Å². The number of fused-ring (bicyclic) bond motifs is 1. The highest BCUT2D eigenvalue weighted by Gasteiger charge is 2.29. The van der Waals surface area contributed by atoms with E-state index in [0.29, 0.717) is 12.1 Å². The number of nitrogens with one attached hydrogen (secondary N) is 1. The smallest absolute Gasteiger partial charge is 0.129 e. The lowest BCUT2D eigenvalue weighted by atomic mass is 9.93. The number of rotatable bonds is 3. The van der Waals surface area contributed by atoms with Gasteiger partial charge in [-0.15, -0.1) is 0 Å². The number of hydrogen-bond acceptors (Lipinski definition) is 3. The summed E-state index contributed by atoms with van der Waals surface area (Å²) in [6.07, 6.45) is 5.01. The summed E-state index contributed by atoms with van der Waals surface area (Å²) in [6, 6.07) is 7.09. The van der Waals surface area contributed by atoms with E-state index in [0.717, 1.165) is 17.7 Å². The highest BCUT2D eigenvalue weighted by molar-refractivity contribution is 5.41. The molecule has 2 atom stereocenters. The van der Waals surface area contributed by atoms with E-state index in [-0.39, 0.29) is 6.10 Å². The lowest BCUT2D eigenvalue weighted by Crippen LogP contribution is -2.26. The van der Waals surface area contributed by atoms with Crippen molar-refractivity contribution >= 4 is 0 Å². The summed E-state index contributed by atoms with van der Waals surface area (Å²) in [5, 5.41) is 7.84. The Hall–Kier alpha value is -1.81. The van der Waals surface area contributed by atoms with Crippen LogP contribution in [0.5, 0.6) is 5.75 Å². The fourth-order valence-electron chi connectivity index (χ4n) is 2.87. The van der Waals surface area contributed by atoms with Crippen LogP contribution in [0.15, 0.2) is 30.6 Å². The lowest BCUT2D eigenvalue weighted by molar-refractivity contribution is 0.153. The van der Waals surface area contributed by atoms with Gasteiger partial charge in [-0.05, 0) is 33.9 Å². The summed E-state index contributed by atoms with van der Waals surface area (Å²) in [5.41, 5.74) is 3.67. The molecule has 112 valence electrons. The van der Waals surface area contributed by atoms with Crippen molar-refractivity contribution in [1.82, 2.24) is 15.1 Å². The molecule has 0 bridgehead atoms. The predicted octanol–water partition coefficient (Wildman–Crippen LogP) is 3.56. The third-order valence-electron chi connectivity index (χ3n) is 4.13. The first kappa shape index (κ1) is 14.1. The number of ether oxygens (including phenoxy) is 1. The van der Waals surface area contributed by atoms with Gasteiger partial charge in [0, 0.05) is 35.8 Å². The third kappa shape index (κ3) is 2.68. The molecule has 4 nitrogen and oxygen atoms in total. The first-order chi connectivity index (χ1) is 10.1. The molecule has 0 fully saturated rings. The molecule has 1 aliphatic heterocycles. The second-order valence-electron chi connectivity index (χ2n) is 6.07. The highest BCUT2D eigenvalue weighted by Crippen LogP contribution is 2.40. The number of aromatic nitrogens is 2. The van der Waals surface area contributed by atoms with Crippen LogP contribution < -0.4 is 10.1 Å². The van der Waals surface area contributed by atoms with Gasteiger partial charge in [0.2, 0.25) is 0 Å². The van der Waals surface area contributed by atoms with Gasteiger partial charge in [-0.25, -0.2) is 0 Å². The molecule has 0 saturated carbocycles. The van der Waals surface area contributed by atoms with E-state index in [9.17, 15) is 0 Å². The predicted molar refractivity (Wildman–Crippen MR) is 83.6 cm³/mol. The Morgan fingerprint density at radius 2 is 2.19 bits per heavy atom. The van der Waals surface area contributed by atoms with Gasteiger partial charge in [0.15, 0.2) is 0 Å². The van der Waals surface area contributed by atoms with Crippen molar-refractivity contribution in [2.75, 3.05) is 7.05 Å². The molecule has 2 aromatic rings. The van der Waals surface area contributed by atoms with Crippen molar-refractivity contribution in [2.45, 2.75) is 45.4 Å². The molecule has 0 spiro atoms. The summed E-state index contributed by atoms with van der Waals surface area (Å²) >= 11 is 0. The highest BCUT2D eigenvalue weighted by atomic mass is 16.5. The zero-order chi connectivity index (χ0) is 15.0. The van der Waals surface area contributed by atoms with E-state index in [1.54, 1.807) is 0 Å². The van der Waals surface area contributed by atoms with Crippen LogP contribution in [0, 0.1) is 6.92 Å². The van der Waals surface area contributed by atoms with E-state index in [1.807, 2.05) is 17.9 Å². The van der Waals surface area contributed by atoms with E-state index in [2.05, 4.69) is 55.6 Å². The average molecular weight is 285 g/mol. The Balaban J connectivity index is 1.91. The molecule has 1 aromatic heterocycles. The molecule has 4 heteroatoms. The Morgan fingerprint density at radius 1 is 1.38 bits per heavy atom. The van der Waals surface area contributed by atoms with E-state index < -0.39 is 0 Å². The molecule has 21 heavy (non-hydrogen) atoms. The zero-order valence-corrected chi connectivity index (χ0v) is 13.1. The first-order valence-corrected chi connectivity index (χ1v) is 7.57. The minimum atomic E-state index is 0.0603. The van der Waals surface area contributed by atoms with Crippen LogP contribution in [-0.2, 0) is 0 Å². The van der Waals surface area contributed by atoms with Crippen LogP contribution in [0.25, 0.3) is 0 Å². The number of nitrogens with zero attached hydrogens (tertiary/aromatic N) is 2. The molecular formula is C17H23N3O. The molecule has 0 amide bonds. The van der Waals surface area contributed by atoms with Gasteiger partial charge in [-0.1, -0.05) is 17.7 Å². The van der Waals surface area contributed by atoms with Gasteiger partial charge in [-0.3, -0.25) is 4.68 Å². The van der Waals surface area contributed by atoms with Crippen LogP contribution in [0.2, 0.25) is 0 Å². The molecule has 2 heterocycles. The zero-order valence-electron chi connectivity index (χ0n) is 13.1. The molecule has 1 aromatic carbocycles. The van der Waals surface area contributed by atoms with Crippen molar-refractivity contribution in [2.24, 2.45) is 0 Å². The second-order valence-corrected chi connectivity index (χ2v) is 6.07. The minimum Gasteiger partial charge on any atom is -0.485 e. The van der Waals surface area contributed by atoms with Gasteiger partial charge < -0.3 is 10.1 Å². The Bertz CT molecular complexity index is 633. The fraction of sp³-hybridized carbons (Fsp3) is 0.471. The quantitative estimate of drug-likeness (QED) is 0.937. The normalized spacial score (nSPS) is 21.2. The minimum absolute atomic E-state index is 0.0603. The van der Waals surface area contributed by atoms with Crippen LogP contribution in [0.3, 0.4) is 0 Å². The Morgan fingerprint density at radius 3 is 2.86 bits per heavy atom. The SMILES string of the molecule is CNC1CC(c2cnn(C(C)C)c2)Oc2ccc(C)cc21. The maximum atomic E-state index is 6.20. The van der Waals surface area contributed by atoms with Gasteiger partial charge in [0.05, 0.1) is 6.20 Å². The molecule has 1 N–H and O–H groups in total. The maximum Gasteiger partial charge on any atom is 0.129 e. The molecule has 0 saturated heterocycles. The monoisotopic (exact) mass is 285 g/mol. The Kier molecular flexibility index (Phi) is 3.72. The van der Waals surface area contributed by atoms with E-state index in [4.69, 9.17) is 4.74 Å².